The number of rotatable bonds is 3. The van der Waals surface area contributed by atoms with Crippen molar-refractivity contribution in [3.8, 4) is 0 Å². The van der Waals surface area contributed by atoms with E-state index in [1.807, 2.05) is 0 Å². The minimum atomic E-state index is 0.104. The summed E-state index contributed by atoms with van der Waals surface area (Å²) in [5.41, 5.74) is 0.104. The van der Waals surface area contributed by atoms with Crippen molar-refractivity contribution in [2.24, 2.45) is 5.41 Å². The van der Waals surface area contributed by atoms with E-state index in [1.54, 1.807) is 11.3 Å². The number of aliphatic hydroxyl groups excluding tert-OH is 1. The maximum atomic E-state index is 9.41. The topological polar surface area (TPSA) is 23.5 Å². The van der Waals surface area contributed by atoms with Crippen molar-refractivity contribution >= 4 is 27.3 Å². The summed E-state index contributed by atoms with van der Waals surface area (Å²) in [5, 5.41) is 11.5. The molecule has 0 amide bonds. The highest BCUT2D eigenvalue weighted by molar-refractivity contribution is 9.10. The van der Waals surface area contributed by atoms with Gasteiger partial charge < -0.3 is 5.11 Å². The number of thiophene rings is 1. The van der Waals surface area contributed by atoms with Gasteiger partial charge in [-0.2, -0.15) is 0 Å². The third-order valence-electron chi connectivity index (χ3n) is 3.24. The van der Waals surface area contributed by atoms with Gasteiger partial charge in [0.05, 0.1) is 0 Å². The molecule has 4 heteroatoms. The Bertz CT molecular complexity index is 355. The maximum absolute atomic E-state index is 9.41. The first-order valence-corrected chi connectivity index (χ1v) is 7.35. The second kappa shape index (κ2) is 5.17. The van der Waals surface area contributed by atoms with Crippen molar-refractivity contribution < 1.29 is 5.11 Å². The normalized spacial score (nSPS) is 27.2. The van der Waals surface area contributed by atoms with Gasteiger partial charge in [-0.3, -0.25) is 4.90 Å². The zero-order valence-electron chi connectivity index (χ0n) is 9.58. The van der Waals surface area contributed by atoms with Crippen LogP contribution in [0.2, 0.25) is 0 Å². The van der Waals surface area contributed by atoms with Crippen LogP contribution < -0.4 is 0 Å². The molecule has 1 aliphatic rings. The lowest BCUT2D eigenvalue weighted by Gasteiger charge is -2.39. The van der Waals surface area contributed by atoms with E-state index in [0.29, 0.717) is 6.61 Å². The van der Waals surface area contributed by atoms with Crippen LogP contribution in [0.25, 0.3) is 0 Å². The summed E-state index contributed by atoms with van der Waals surface area (Å²) in [4.78, 5) is 3.85. The molecule has 2 heterocycles. The molecule has 2 rings (SSSR count). The fourth-order valence-electron chi connectivity index (χ4n) is 2.35. The summed E-state index contributed by atoms with van der Waals surface area (Å²) < 4.78 is 1.18. The molecular formula is C12H18BrNOS. The monoisotopic (exact) mass is 303 g/mol. The summed E-state index contributed by atoms with van der Waals surface area (Å²) >= 11 is 5.28. The van der Waals surface area contributed by atoms with Gasteiger partial charge in [0.25, 0.3) is 0 Å². The summed E-state index contributed by atoms with van der Waals surface area (Å²) in [6, 6.07) is 2.19. The third kappa shape index (κ3) is 3.06. The van der Waals surface area contributed by atoms with E-state index in [-0.39, 0.29) is 5.41 Å². The summed E-state index contributed by atoms with van der Waals surface area (Å²) in [7, 11) is 0. The molecule has 1 aromatic rings. The summed E-state index contributed by atoms with van der Waals surface area (Å²) in [5.74, 6) is 0. The fourth-order valence-corrected chi connectivity index (χ4v) is 3.84. The van der Waals surface area contributed by atoms with Gasteiger partial charge in [-0.05, 0) is 41.4 Å². The largest absolute Gasteiger partial charge is 0.396 e. The van der Waals surface area contributed by atoms with Crippen LogP contribution in [-0.2, 0) is 6.54 Å². The predicted octanol–water partition coefficient (Wildman–Crippen LogP) is 3.11. The lowest BCUT2D eigenvalue weighted by atomic mass is 9.83. The minimum absolute atomic E-state index is 0.104. The molecule has 1 aliphatic heterocycles. The zero-order chi connectivity index (χ0) is 11.6. The average molecular weight is 304 g/mol. The van der Waals surface area contributed by atoms with Crippen LogP contribution in [0, 0.1) is 5.41 Å². The van der Waals surface area contributed by atoms with Crippen molar-refractivity contribution in [1.29, 1.82) is 0 Å². The zero-order valence-corrected chi connectivity index (χ0v) is 12.0. The molecule has 90 valence electrons. The van der Waals surface area contributed by atoms with Crippen LogP contribution in [0.5, 0.6) is 0 Å². The van der Waals surface area contributed by atoms with Gasteiger partial charge in [0, 0.05) is 39.8 Å². The van der Waals surface area contributed by atoms with Crippen LogP contribution in [0.3, 0.4) is 0 Å². The summed E-state index contributed by atoms with van der Waals surface area (Å²) in [6.45, 7) is 5.68. The Morgan fingerprint density at radius 3 is 3.06 bits per heavy atom. The number of hydrogen-bond acceptors (Lipinski definition) is 3. The van der Waals surface area contributed by atoms with Gasteiger partial charge in [0.2, 0.25) is 0 Å². The van der Waals surface area contributed by atoms with Crippen LogP contribution in [0.1, 0.15) is 24.6 Å². The number of halogens is 1. The molecule has 16 heavy (non-hydrogen) atoms. The van der Waals surface area contributed by atoms with Crippen molar-refractivity contribution in [3.63, 3.8) is 0 Å². The molecule has 2 nitrogen and oxygen atoms in total. The van der Waals surface area contributed by atoms with E-state index in [4.69, 9.17) is 0 Å². The number of aliphatic hydroxyl groups is 1. The molecule has 1 atom stereocenters. The molecule has 1 saturated heterocycles. The van der Waals surface area contributed by atoms with Crippen molar-refractivity contribution in [2.45, 2.75) is 26.3 Å². The Hall–Kier alpha value is 0.1000. The number of nitrogens with zero attached hydrogens (tertiary/aromatic N) is 1. The molecule has 1 N–H and O–H groups in total. The Balaban J connectivity index is 1.95. The van der Waals surface area contributed by atoms with Gasteiger partial charge in [0.1, 0.15) is 0 Å². The molecule has 0 aliphatic carbocycles. The smallest absolute Gasteiger partial charge is 0.0497 e. The number of hydrogen-bond donors (Lipinski definition) is 1. The quantitative estimate of drug-likeness (QED) is 0.927. The molecule has 0 bridgehead atoms. The Labute approximate surface area is 109 Å². The molecule has 1 fully saturated rings. The molecule has 0 spiro atoms. The Kier molecular flexibility index (Phi) is 4.06. The van der Waals surface area contributed by atoms with Crippen molar-refractivity contribution in [3.05, 3.63) is 20.8 Å². The highest BCUT2D eigenvalue weighted by Crippen LogP contribution is 2.30. The Morgan fingerprint density at radius 2 is 2.44 bits per heavy atom. The first kappa shape index (κ1) is 12.6. The van der Waals surface area contributed by atoms with Crippen LogP contribution in [-0.4, -0.2) is 29.7 Å². The van der Waals surface area contributed by atoms with Gasteiger partial charge in [-0.15, -0.1) is 11.3 Å². The van der Waals surface area contributed by atoms with E-state index < -0.39 is 0 Å². The van der Waals surface area contributed by atoms with E-state index >= 15 is 0 Å². The second-order valence-corrected chi connectivity index (χ2v) is 6.93. The standard InChI is InChI=1S/C12H18BrNOS/c1-12(9-15)3-2-4-14(8-12)6-11-5-10(13)7-16-11/h5,7,15H,2-4,6,8-9H2,1H3. The fraction of sp³-hybridized carbons (Fsp3) is 0.667. The minimum Gasteiger partial charge on any atom is -0.396 e. The number of likely N-dealkylation sites (tertiary alicyclic amines) is 1. The van der Waals surface area contributed by atoms with E-state index in [2.05, 4.69) is 39.2 Å². The third-order valence-corrected chi connectivity index (χ3v) is 4.93. The summed E-state index contributed by atoms with van der Waals surface area (Å²) in [6.07, 6.45) is 2.34. The first-order chi connectivity index (χ1) is 7.61. The van der Waals surface area contributed by atoms with E-state index in [9.17, 15) is 5.11 Å². The first-order valence-electron chi connectivity index (χ1n) is 5.67. The van der Waals surface area contributed by atoms with E-state index in [0.717, 1.165) is 26.1 Å². The van der Waals surface area contributed by atoms with Gasteiger partial charge >= 0.3 is 0 Å². The molecule has 1 aromatic heterocycles. The van der Waals surface area contributed by atoms with Crippen LogP contribution in [0.4, 0.5) is 0 Å². The highest BCUT2D eigenvalue weighted by Gasteiger charge is 2.30. The molecular weight excluding hydrogens is 286 g/mol. The number of piperidine rings is 1. The molecule has 1 unspecified atom stereocenters. The highest BCUT2D eigenvalue weighted by atomic mass is 79.9. The second-order valence-electron chi connectivity index (χ2n) is 5.01. The van der Waals surface area contributed by atoms with Crippen molar-refractivity contribution in [1.82, 2.24) is 4.90 Å². The molecule has 0 saturated carbocycles. The van der Waals surface area contributed by atoms with Crippen molar-refractivity contribution in [2.75, 3.05) is 19.7 Å². The lowest BCUT2D eigenvalue weighted by Crippen LogP contribution is -2.42. The molecule has 0 aromatic carbocycles. The van der Waals surface area contributed by atoms with Gasteiger partial charge in [0.15, 0.2) is 0 Å². The van der Waals surface area contributed by atoms with Gasteiger partial charge in [-0.1, -0.05) is 6.92 Å². The van der Waals surface area contributed by atoms with Crippen LogP contribution in [0.15, 0.2) is 15.9 Å². The Morgan fingerprint density at radius 1 is 1.62 bits per heavy atom. The lowest BCUT2D eigenvalue weighted by molar-refractivity contribution is 0.0434. The van der Waals surface area contributed by atoms with E-state index in [1.165, 1.54) is 15.8 Å². The molecule has 0 radical (unpaired) electrons. The predicted molar refractivity (Wildman–Crippen MR) is 71.7 cm³/mol. The average Bonchev–Trinajstić information content (AvgIpc) is 2.64. The SMILES string of the molecule is CC1(CO)CCCN(Cc2cc(Br)cs2)C1. The van der Waals surface area contributed by atoms with Gasteiger partial charge in [-0.25, -0.2) is 0 Å². The van der Waals surface area contributed by atoms with Crippen LogP contribution >= 0.6 is 27.3 Å². The maximum Gasteiger partial charge on any atom is 0.0497 e.